The molecule has 0 aliphatic carbocycles. The Labute approximate surface area is 119 Å². The van der Waals surface area contributed by atoms with Gasteiger partial charge in [0.2, 0.25) is 5.91 Å². The fraction of sp³-hybridized carbons (Fsp3) is 0.467. The highest BCUT2D eigenvalue weighted by Crippen LogP contribution is 2.15. The van der Waals surface area contributed by atoms with E-state index in [-0.39, 0.29) is 25.4 Å². The summed E-state index contributed by atoms with van der Waals surface area (Å²) in [4.78, 5) is 24.4. The standard InChI is InChI=1S/C15H22N2O3/c1-3-9-16-11-14(18)17(10-8-15(19)20)13-6-4-12(2)5-7-13/h4-7,16H,3,8-11H2,1-2H3,(H,19,20). The SMILES string of the molecule is CCCNCC(=O)N(CCC(=O)O)c1ccc(C)cc1. The lowest BCUT2D eigenvalue weighted by molar-refractivity contribution is -0.136. The summed E-state index contributed by atoms with van der Waals surface area (Å²) in [5, 5.41) is 11.8. The Bertz CT molecular complexity index is 443. The van der Waals surface area contributed by atoms with Gasteiger partial charge in [-0.3, -0.25) is 9.59 Å². The van der Waals surface area contributed by atoms with Crippen molar-refractivity contribution in [1.82, 2.24) is 5.32 Å². The maximum Gasteiger partial charge on any atom is 0.305 e. The molecule has 0 fully saturated rings. The van der Waals surface area contributed by atoms with Crippen molar-refractivity contribution in [2.45, 2.75) is 26.7 Å². The summed E-state index contributed by atoms with van der Waals surface area (Å²) >= 11 is 0. The highest BCUT2D eigenvalue weighted by molar-refractivity contribution is 5.95. The molecular weight excluding hydrogens is 256 g/mol. The van der Waals surface area contributed by atoms with Crippen LogP contribution in [0.15, 0.2) is 24.3 Å². The summed E-state index contributed by atoms with van der Waals surface area (Å²) < 4.78 is 0. The van der Waals surface area contributed by atoms with Gasteiger partial charge in [-0.1, -0.05) is 24.6 Å². The van der Waals surface area contributed by atoms with Gasteiger partial charge in [-0.05, 0) is 32.0 Å². The van der Waals surface area contributed by atoms with Crippen molar-refractivity contribution in [3.8, 4) is 0 Å². The summed E-state index contributed by atoms with van der Waals surface area (Å²) in [6, 6.07) is 7.51. The van der Waals surface area contributed by atoms with Gasteiger partial charge in [-0.15, -0.1) is 0 Å². The Morgan fingerprint density at radius 1 is 1.25 bits per heavy atom. The van der Waals surface area contributed by atoms with E-state index in [9.17, 15) is 9.59 Å². The fourth-order valence-corrected chi connectivity index (χ4v) is 1.80. The molecule has 2 N–H and O–H groups in total. The van der Waals surface area contributed by atoms with Crippen LogP contribution in [0.2, 0.25) is 0 Å². The molecule has 0 heterocycles. The van der Waals surface area contributed by atoms with Gasteiger partial charge in [0.15, 0.2) is 0 Å². The number of rotatable bonds is 8. The number of aliphatic carboxylic acids is 1. The minimum atomic E-state index is -0.906. The number of anilines is 1. The Kier molecular flexibility index (Phi) is 6.73. The summed E-state index contributed by atoms with van der Waals surface area (Å²) in [5.41, 5.74) is 1.84. The van der Waals surface area contributed by atoms with Gasteiger partial charge in [-0.25, -0.2) is 0 Å². The number of carboxylic acid groups (broad SMARTS) is 1. The lowest BCUT2D eigenvalue weighted by Gasteiger charge is -2.22. The van der Waals surface area contributed by atoms with Crippen LogP contribution in [0, 0.1) is 6.92 Å². The first-order valence-corrected chi connectivity index (χ1v) is 6.84. The molecule has 0 saturated carbocycles. The number of aryl methyl sites for hydroxylation is 1. The van der Waals surface area contributed by atoms with Crippen LogP contribution in [0.5, 0.6) is 0 Å². The Balaban J connectivity index is 2.75. The van der Waals surface area contributed by atoms with Crippen molar-refractivity contribution in [2.24, 2.45) is 0 Å². The number of benzene rings is 1. The highest BCUT2D eigenvalue weighted by Gasteiger charge is 2.16. The Hall–Kier alpha value is -1.88. The highest BCUT2D eigenvalue weighted by atomic mass is 16.4. The van der Waals surface area contributed by atoms with Gasteiger partial charge in [0.25, 0.3) is 0 Å². The maximum atomic E-state index is 12.2. The summed E-state index contributed by atoms with van der Waals surface area (Å²) in [6.45, 7) is 5.18. The maximum absolute atomic E-state index is 12.2. The summed E-state index contributed by atoms with van der Waals surface area (Å²) in [5.74, 6) is -1.01. The normalized spacial score (nSPS) is 10.3. The molecule has 1 amide bonds. The van der Waals surface area contributed by atoms with E-state index in [1.165, 1.54) is 4.90 Å². The molecular formula is C15H22N2O3. The van der Waals surface area contributed by atoms with E-state index in [2.05, 4.69) is 5.32 Å². The van der Waals surface area contributed by atoms with Gasteiger partial charge in [0.1, 0.15) is 0 Å². The first-order chi connectivity index (χ1) is 9.54. The second-order valence-electron chi connectivity index (χ2n) is 4.70. The smallest absolute Gasteiger partial charge is 0.305 e. The Morgan fingerprint density at radius 3 is 2.45 bits per heavy atom. The zero-order chi connectivity index (χ0) is 15.0. The van der Waals surface area contributed by atoms with Crippen LogP contribution in [0.3, 0.4) is 0 Å². The van der Waals surface area contributed by atoms with E-state index in [1.54, 1.807) is 0 Å². The number of hydrogen-bond acceptors (Lipinski definition) is 3. The summed E-state index contributed by atoms with van der Waals surface area (Å²) in [6.07, 6.45) is 0.889. The van der Waals surface area contributed by atoms with Crippen LogP contribution in [-0.4, -0.2) is 36.6 Å². The van der Waals surface area contributed by atoms with E-state index < -0.39 is 5.97 Å². The number of carbonyl (C=O) groups excluding carboxylic acids is 1. The topological polar surface area (TPSA) is 69.6 Å². The molecule has 5 heteroatoms. The minimum Gasteiger partial charge on any atom is -0.481 e. The van der Waals surface area contributed by atoms with Crippen LogP contribution in [0.4, 0.5) is 5.69 Å². The molecule has 1 aromatic rings. The van der Waals surface area contributed by atoms with Crippen molar-refractivity contribution in [3.05, 3.63) is 29.8 Å². The average Bonchev–Trinajstić information content (AvgIpc) is 2.41. The molecule has 0 spiro atoms. The number of amides is 1. The molecule has 0 bridgehead atoms. The third kappa shape index (κ3) is 5.40. The van der Waals surface area contributed by atoms with E-state index in [0.717, 1.165) is 24.2 Å². The summed E-state index contributed by atoms with van der Waals surface area (Å²) in [7, 11) is 0. The minimum absolute atomic E-state index is 0.0621. The van der Waals surface area contributed by atoms with Crippen molar-refractivity contribution >= 4 is 17.6 Å². The number of carbonyl (C=O) groups is 2. The second kappa shape index (κ2) is 8.32. The molecule has 0 unspecified atom stereocenters. The lowest BCUT2D eigenvalue weighted by Crippen LogP contribution is -2.39. The quantitative estimate of drug-likeness (QED) is 0.711. The molecule has 0 aliphatic rings. The fourth-order valence-electron chi connectivity index (χ4n) is 1.80. The number of nitrogens with zero attached hydrogens (tertiary/aromatic N) is 1. The van der Waals surface area contributed by atoms with Crippen LogP contribution >= 0.6 is 0 Å². The molecule has 0 radical (unpaired) electrons. The Morgan fingerprint density at radius 2 is 1.90 bits per heavy atom. The second-order valence-corrected chi connectivity index (χ2v) is 4.70. The molecule has 1 rings (SSSR count). The van der Waals surface area contributed by atoms with Crippen molar-refractivity contribution < 1.29 is 14.7 Å². The predicted molar refractivity (Wildman–Crippen MR) is 78.9 cm³/mol. The molecule has 20 heavy (non-hydrogen) atoms. The molecule has 0 atom stereocenters. The molecule has 110 valence electrons. The number of carboxylic acids is 1. The van der Waals surface area contributed by atoms with Gasteiger partial charge >= 0.3 is 5.97 Å². The van der Waals surface area contributed by atoms with Crippen LogP contribution in [-0.2, 0) is 9.59 Å². The van der Waals surface area contributed by atoms with Crippen LogP contribution < -0.4 is 10.2 Å². The van der Waals surface area contributed by atoms with Crippen molar-refractivity contribution in [1.29, 1.82) is 0 Å². The van der Waals surface area contributed by atoms with Crippen LogP contribution in [0.25, 0.3) is 0 Å². The van der Waals surface area contributed by atoms with Crippen molar-refractivity contribution in [3.63, 3.8) is 0 Å². The molecule has 0 aliphatic heterocycles. The molecule has 0 saturated heterocycles. The van der Waals surface area contributed by atoms with Gasteiger partial charge in [-0.2, -0.15) is 0 Å². The average molecular weight is 278 g/mol. The largest absolute Gasteiger partial charge is 0.481 e. The first kappa shape index (κ1) is 16.2. The molecule has 5 nitrogen and oxygen atoms in total. The lowest BCUT2D eigenvalue weighted by atomic mass is 10.2. The van der Waals surface area contributed by atoms with Gasteiger partial charge in [0.05, 0.1) is 13.0 Å². The van der Waals surface area contributed by atoms with E-state index in [1.807, 2.05) is 38.1 Å². The van der Waals surface area contributed by atoms with E-state index >= 15 is 0 Å². The van der Waals surface area contributed by atoms with E-state index in [4.69, 9.17) is 5.11 Å². The molecule has 1 aromatic carbocycles. The number of nitrogens with one attached hydrogen (secondary N) is 1. The molecule has 0 aromatic heterocycles. The van der Waals surface area contributed by atoms with Gasteiger partial charge < -0.3 is 15.3 Å². The van der Waals surface area contributed by atoms with Crippen molar-refractivity contribution in [2.75, 3.05) is 24.5 Å². The third-order valence-corrected chi connectivity index (χ3v) is 2.90. The zero-order valence-electron chi connectivity index (χ0n) is 12.1. The van der Waals surface area contributed by atoms with E-state index in [0.29, 0.717) is 0 Å². The van der Waals surface area contributed by atoms with Crippen LogP contribution in [0.1, 0.15) is 25.3 Å². The zero-order valence-corrected chi connectivity index (χ0v) is 12.1. The number of hydrogen-bond donors (Lipinski definition) is 2. The monoisotopic (exact) mass is 278 g/mol. The third-order valence-electron chi connectivity index (χ3n) is 2.90. The van der Waals surface area contributed by atoms with Gasteiger partial charge in [0, 0.05) is 12.2 Å². The first-order valence-electron chi connectivity index (χ1n) is 6.84. The predicted octanol–water partition coefficient (Wildman–Crippen LogP) is 1.80.